The minimum Gasteiger partial charge on any atom is -0.480 e. The molecule has 122 valence electrons. The van der Waals surface area contributed by atoms with Gasteiger partial charge in [0.25, 0.3) is 0 Å². The number of carbonyl (C=O) groups is 2. The second-order valence-electron chi connectivity index (χ2n) is 5.48. The largest absolute Gasteiger partial charge is 0.480 e. The first-order valence-corrected chi connectivity index (χ1v) is 8.67. The van der Waals surface area contributed by atoms with Crippen LogP contribution in [0.15, 0.2) is 35.2 Å². The normalized spacial score (nSPS) is 12.9. The predicted molar refractivity (Wildman–Crippen MR) is 82.1 cm³/mol. The van der Waals surface area contributed by atoms with E-state index in [1.807, 2.05) is 13.8 Å². The van der Waals surface area contributed by atoms with E-state index in [9.17, 15) is 18.0 Å². The molecule has 1 atom stereocenters. The molecule has 22 heavy (non-hydrogen) atoms. The smallest absolute Gasteiger partial charge is 0.326 e. The Balaban J connectivity index is 2.69. The summed E-state index contributed by atoms with van der Waals surface area (Å²) in [5.74, 6) is -1.86. The van der Waals surface area contributed by atoms with E-state index < -0.39 is 21.8 Å². The van der Waals surface area contributed by atoms with Crippen molar-refractivity contribution >= 4 is 21.7 Å². The summed E-state index contributed by atoms with van der Waals surface area (Å²) < 4.78 is 24.2. The molecule has 0 radical (unpaired) electrons. The molecule has 1 aromatic rings. The second kappa shape index (κ2) is 7.93. The number of carboxylic acid groups (broad SMARTS) is 1. The molecule has 0 saturated heterocycles. The van der Waals surface area contributed by atoms with E-state index in [1.165, 1.54) is 12.1 Å². The molecule has 0 bridgehead atoms. The number of hydrogen-bond donors (Lipinski definition) is 2. The van der Waals surface area contributed by atoms with Crippen molar-refractivity contribution in [2.75, 3.05) is 5.75 Å². The molecule has 1 aromatic carbocycles. The van der Waals surface area contributed by atoms with Gasteiger partial charge in [0.1, 0.15) is 6.04 Å². The fraction of sp³-hybridized carbons (Fsp3) is 0.467. The molecule has 0 saturated carbocycles. The molecule has 0 aliphatic rings. The standard InChI is InChI=1S/C15H21NO5S/c1-11(2)10-14(17)16-13(15(18)19)8-9-22(20,21)12-6-4-3-5-7-12/h3-7,11,13H,8-10H2,1-2H3,(H,16,17)(H,18,19)/t13-/m0/s1. The van der Waals surface area contributed by atoms with Gasteiger partial charge < -0.3 is 10.4 Å². The highest BCUT2D eigenvalue weighted by Crippen LogP contribution is 2.12. The van der Waals surface area contributed by atoms with Crippen molar-refractivity contribution in [2.24, 2.45) is 5.92 Å². The highest BCUT2D eigenvalue weighted by molar-refractivity contribution is 7.91. The number of sulfone groups is 1. The molecule has 0 unspecified atom stereocenters. The van der Waals surface area contributed by atoms with Gasteiger partial charge in [0, 0.05) is 6.42 Å². The van der Waals surface area contributed by atoms with Crippen LogP contribution in [0, 0.1) is 5.92 Å². The van der Waals surface area contributed by atoms with E-state index in [-0.39, 0.29) is 35.3 Å². The van der Waals surface area contributed by atoms with Crippen molar-refractivity contribution in [3.63, 3.8) is 0 Å². The highest BCUT2D eigenvalue weighted by atomic mass is 32.2. The van der Waals surface area contributed by atoms with Crippen molar-refractivity contribution in [3.8, 4) is 0 Å². The maximum atomic E-state index is 12.1. The minimum absolute atomic E-state index is 0.0995. The average molecular weight is 327 g/mol. The molecule has 1 amide bonds. The summed E-state index contributed by atoms with van der Waals surface area (Å²) in [6.45, 7) is 3.68. The number of aliphatic carboxylic acids is 1. The van der Waals surface area contributed by atoms with Crippen LogP contribution in [-0.2, 0) is 19.4 Å². The number of carboxylic acids is 1. The molecule has 0 aromatic heterocycles. The Bertz CT molecular complexity index is 610. The third-order valence-corrected chi connectivity index (χ3v) is 4.77. The summed E-state index contributed by atoms with van der Waals surface area (Å²) in [5.41, 5.74) is 0. The summed E-state index contributed by atoms with van der Waals surface area (Å²) in [7, 11) is -3.56. The van der Waals surface area contributed by atoms with Gasteiger partial charge in [-0.15, -0.1) is 0 Å². The number of rotatable bonds is 8. The first-order valence-electron chi connectivity index (χ1n) is 7.02. The van der Waals surface area contributed by atoms with Gasteiger partial charge in [-0.3, -0.25) is 4.79 Å². The van der Waals surface area contributed by atoms with Crippen LogP contribution in [0.2, 0.25) is 0 Å². The van der Waals surface area contributed by atoms with Crippen LogP contribution in [0.3, 0.4) is 0 Å². The van der Waals surface area contributed by atoms with Gasteiger partial charge in [0.15, 0.2) is 9.84 Å². The van der Waals surface area contributed by atoms with Crippen LogP contribution in [0.5, 0.6) is 0 Å². The Morgan fingerprint density at radius 1 is 1.18 bits per heavy atom. The maximum absolute atomic E-state index is 12.1. The molecule has 1 rings (SSSR count). The number of carbonyl (C=O) groups excluding carboxylic acids is 1. The van der Waals surface area contributed by atoms with E-state index >= 15 is 0 Å². The van der Waals surface area contributed by atoms with Crippen LogP contribution in [0.25, 0.3) is 0 Å². The maximum Gasteiger partial charge on any atom is 0.326 e. The number of hydrogen-bond acceptors (Lipinski definition) is 4. The average Bonchev–Trinajstić information content (AvgIpc) is 2.43. The van der Waals surface area contributed by atoms with Crippen molar-refractivity contribution < 1.29 is 23.1 Å². The number of nitrogens with one attached hydrogen (secondary N) is 1. The fourth-order valence-electron chi connectivity index (χ4n) is 1.90. The molecule has 6 nitrogen and oxygen atoms in total. The summed E-state index contributed by atoms with van der Waals surface area (Å²) in [5, 5.41) is 11.5. The third kappa shape index (κ3) is 5.85. The van der Waals surface area contributed by atoms with Crippen LogP contribution < -0.4 is 5.32 Å². The zero-order valence-electron chi connectivity index (χ0n) is 12.7. The van der Waals surface area contributed by atoms with Crippen molar-refractivity contribution in [2.45, 2.75) is 37.6 Å². The molecule has 2 N–H and O–H groups in total. The predicted octanol–water partition coefficient (Wildman–Crippen LogP) is 1.47. The van der Waals surface area contributed by atoms with Crippen LogP contribution in [-0.4, -0.2) is 37.2 Å². The lowest BCUT2D eigenvalue weighted by molar-refractivity contribution is -0.142. The summed E-state index contributed by atoms with van der Waals surface area (Å²) >= 11 is 0. The van der Waals surface area contributed by atoms with Gasteiger partial charge in [-0.2, -0.15) is 0 Å². The topological polar surface area (TPSA) is 101 Å². The van der Waals surface area contributed by atoms with Gasteiger partial charge in [-0.05, 0) is 24.5 Å². The Hall–Kier alpha value is -1.89. The van der Waals surface area contributed by atoms with E-state index in [0.717, 1.165) is 0 Å². The summed E-state index contributed by atoms with van der Waals surface area (Å²) in [4.78, 5) is 22.9. The second-order valence-corrected chi connectivity index (χ2v) is 7.59. The van der Waals surface area contributed by atoms with Crippen molar-refractivity contribution in [1.82, 2.24) is 5.32 Å². The Labute approximate surface area is 130 Å². The quantitative estimate of drug-likeness (QED) is 0.753. The Morgan fingerprint density at radius 2 is 1.77 bits per heavy atom. The Kier molecular flexibility index (Phi) is 6.55. The lowest BCUT2D eigenvalue weighted by Crippen LogP contribution is -2.42. The molecular formula is C15H21NO5S. The third-order valence-electron chi connectivity index (χ3n) is 3.00. The molecule has 7 heteroatoms. The van der Waals surface area contributed by atoms with Gasteiger partial charge in [-0.1, -0.05) is 32.0 Å². The number of amides is 1. The van der Waals surface area contributed by atoms with Gasteiger partial charge in [0.2, 0.25) is 5.91 Å². The summed E-state index contributed by atoms with van der Waals surface area (Å²) in [6.07, 6.45) is 0.0333. The molecule has 0 fully saturated rings. The molecular weight excluding hydrogens is 306 g/mol. The lowest BCUT2D eigenvalue weighted by Gasteiger charge is -2.15. The monoisotopic (exact) mass is 327 g/mol. The van der Waals surface area contributed by atoms with Gasteiger partial charge in [0.05, 0.1) is 10.6 Å². The molecule has 0 spiro atoms. The van der Waals surface area contributed by atoms with Crippen molar-refractivity contribution in [1.29, 1.82) is 0 Å². The molecule has 0 heterocycles. The van der Waals surface area contributed by atoms with Gasteiger partial charge >= 0.3 is 5.97 Å². The fourth-order valence-corrected chi connectivity index (χ4v) is 3.25. The first kappa shape index (κ1) is 18.2. The van der Waals surface area contributed by atoms with Crippen LogP contribution in [0.1, 0.15) is 26.7 Å². The SMILES string of the molecule is CC(C)CC(=O)N[C@@H](CCS(=O)(=O)c1ccccc1)C(=O)O. The van der Waals surface area contributed by atoms with E-state index in [4.69, 9.17) is 5.11 Å². The van der Waals surface area contributed by atoms with Gasteiger partial charge in [-0.25, -0.2) is 13.2 Å². The van der Waals surface area contributed by atoms with Crippen molar-refractivity contribution in [3.05, 3.63) is 30.3 Å². The molecule has 0 aliphatic carbocycles. The van der Waals surface area contributed by atoms with E-state index in [2.05, 4.69) is 5.32 Å². The van der Waals surface area contributed by atoms with Crippen LogP contribution >= 0.6 is 0 Å². The first-order chi connectivity index (χ1) is 10.2. The van der Waals surface area contributed by atoms with E-state index in [0.29, 0.717) is 0 Å². The zero-order valence-corrected chi connectivity index (χ0v) is 13.5. The lowest BCUT2D eigenvalue weighted by atomic mass is 10.1. The molecule has 0 aliphatic heterocycles. The Morgan fingerprint density at radius 3 is 2.27 bits per heavy atom. The van der Waals surface area contributed by atoms with E-state index in [1.54, 1.807) is 18.2 Å². The van der Waals surface area contributed by atoms with Crippen LogP contribution in [0.4, 0.5) is 0 Å². The summed E-state index contributed by atoms with van der Waals surface area (Å²) in [6, 6.07) is 6.62. The minimum atomic E-state index is -3.56. The number of benzene rings is 1. The zero-order chi connectivity index (χ0) is 16.8. The highest BCUT2D eigenvalue weighted by Gasteiger charge is 2.24.